The molecular weight excluding hydrogens is 411 g/mol. The van der Waals surface area contributed by atoms with Crippen molar-refractivity contribution in [2.45, 2.75) is 31.8 Å². The van der Waals surface area contributed by atoms with E-state index in [1.807, 2.05) is 11.3 Å². The van der Waals surface area contributed by atoms with Gasteiger partial charge < -0.3 is 5.32 Å². The molecule has 0 saturated carbocycles. The van der Waals surface area contributed by atoms with E-state index in [0.29, 0.717) is 6.04 Å². The highest BCUT2D eigenvalue weighted by atomic mass is 127. The van der Waals surface area contributed by atoms with Gasteiger partial charge in [-0.05, 0) is 65.6 Å². The molecule has 5 heteroatoms. The fraction of sp³-hybridized carbons (Fsp3) is 0.312. The summed E-state index contributed by atoms with van der Waals surface area (Å²) in [5, 5.41) is 4.91. The summed E-state index contributed by atoms with van der Waals surface area (Å²) < 4.78 is 2.69. The van der Waals surface area contributed by atoms with Crippen LogP contribution in [0.25, 0.3) is 10.2 Å². The van der Waals surface area contributed by atoms with Crippen molar-refractivity contribution >= 4 is 55.5 Å². The molecule has 2 aromatic heterocycles. The van der Waals surface area contributed by atoms with E-state index >= 15 is 0 Å². The molecule has 1 aromatic carbocycles. The molecule has 0 spiro atoms. The molecule has 0 bridgehead atoms. The van der Waals surface area contributed by atoms with Gasteiger partial charge in [-0.2, -0.15) is 0 Å². The maximum Gasteiger partial charge on any atom is 0.108 e. The van der Waals surface area contributed by atoms with E-state index in [2.05, 4.69) is 58.2 Å². The van der Waals surface area contributed by atoms with Gasteiger partial charge in [-0.25, -0.2) is 4.98 Å². The molecule has 0 amide bonds. The first-order valence-corrected chi connectivity index (χ1v) is 9.87. The van der Waals surface area contributed by atoms with Crippen molar-refractivity contribution in [3.8, 4) is 0 Å². The highest BCUT2D eigenvalue weighted by Gasteiger charge is 2.22. The molecule has 3 aromatic rings. The van der Waals surface area contributed by atoms with Gasteiger partial charge in [0.25, 0.3) is 0 Å². The summed E-state index contributed by atoms with van der Waals surface area (Å²) in [5.74, 6) is 0. The fourth-order valence-electron chi connectivity index (χ4n) is 2.94. The van der Waals surface area contributed by atoms with Crippen LogP contribution >= 0.6 is 45.3 Å². The third kappa shape index (κ3) is 2.88. The first-order valence-electron chi connectivity index (χ1n) is 7.15. The summed E-state index contributed by atoms with van der Waals surface area (Å²) in [6.07, 6.45) is 3.79. The molecule has 108 valence electrons. The van der Waals surface area contributed by atoms with E-state index < -0.39 is 0 Å². The lowest BCUT2D eigenvalue weighted by molar-refractivity contribution is 0.463. The third-order valence-electron chi connectivity index (χ3n) is 3.92. The van der Waals surface area contributed by atoms with Gasteiger partial charge in [0.05, 0.1) is 13.1 Å². The Morgan fingerprint density at radius 2 is 2.19 bits per heavy atom. The Kier molecular flexibility index (Phi) is 4.00. The lowest BCUT2D eigenvalue weighted by Gasteiger charge is -2.23. The van der Waals surface area contributed by atoms with E-state index in [1.165, 1.54) is 37.4 Å². The van der Waals surface area contributed by atoms with Crippen LogP contribution in [0.15, 0.2) is 30.3 Å². The second-order valence-corrected chi connectivity index (χ2v) is 9.48. The largest absolute Gasteiger partial charge is 0.304 e. The van der Waals surface area contributed by atoms with Crippen molar-refractivity contribution in [3.05, 3.63) is 48.7 Å². The van der Waals surface area contributed by atoms with E-state index in [-0.39, 0.29) is 0 Å². The minimum atomic E-state index is 0.500. The minimum Gasteiger partial charge on any atom is -0.304 e. The van der Waals surface area contributed by atoms with Crippen molar-refractivity contribution in [2.24, 2.45) is 0 Å². The van der Waals surface area contributed by atoms with Gasteiger partial charge in [0, 0.05) is 17.5 Å². The SMILES string of the molecule is Ic1cc2c(s1)CCCC2NCc1nc2ccccc2s1. The molecule has 1 aliphatic carbocycles. The maximum atomic E-state index is 4.72. The van der Waals surface area contributed by atoms with Gasteiger partial charge in [-0.3, -0.25) is 0 Å². The van der Waals surface area contributed by atoms with Gasteiger partial charge in [-0.15, -0.1) is 22.7 Å². The molecule has 21 heavy (non-hydrogen) atoms. The molecule has 0 radical (unpaired) electrons. The number of hydrogen-bond donors (Lipinski definition) is 1. The van der Waals surface area contributed by atoms with E-state index in [4.69, 9.17) is 4.98 Å². The van der Waals surface area contributed by atoms with Crippen molar-refractivity contribution in [1.82, 2.24) is 10.3 Å². The molecular formula is C16H15IN2S2. The monoisotopic (exact) mass is 426 g/mol. The van der Waals surface area contributed by atoms with Crippen molar-refractivity contribution in [2.75, 3.05) is 0 Å². The zero-order chi connectivity index (χ0) is 14.2. The smallest absolute Gasteiger partial charge is 0.108 e. The third-order valence-corrected chi connectivity index (χ3v) is 6.93. The van der Waals surface area contributed by atoms with Crippen LogP contribution in [0.1, 0.15) is 34.3 Å². The van der Waals surface area contributed by atoms with Crippen LogP contribution in [-0.4, -0.2) is 4.98 Å². The molecule has 2 nitrogen and oxygen atoms in total. The van der Waals surface area contributed by atoms with Crippen molar-refractivity contribution in [3.63, 3.8) is 0 Å². The molecule has 4 rings (SSSR count). The van der Waals surface area contributed by atoms with Crippen LogP contribution in [0.4, 0.5) is 0 Å². The number of rotatable bonds is 3. The van der Waals surface area contributed by atoms with Gasteiger partial charge >= 0.3 is 0 Å². The predicted molar refractivity (Wildman–Crippen MR) is 99.2 cm³/mol. The number of nitrogens with one attached hydrogen (secondary N) is 1. The lowest BCUT2D eigenvalue weighted by atomic mass is 9.94. The van der Waals surface area contributed by atoms with Crippen LogP contribution < -0.4 is 5.32 Å². The lowest BCUT2D eigenvalue weighted by Crippen LogP contribution is -2.23. The molecule has 1 atom stereocenters. The minimum absolute atomic E-state index is 0.500. The van der Waals surface area contributed by atoms with E-state index in [0.717, 1.165) is 12.1 Å². The second-order valence-electron chi connectivity index (χ2n) is 5.33. The van der Waals surface area contributed by atoms with Crippen LogP contribution in [0.3, 0.4) is 0 Å². The van der Waals surface area contributed by atoms with Crippen LogP contribution in [0, 0.1) is 2.88 Å². The first-order chi connectivity index (χ1) is 10.3. The number of thiazole rings is 1. The maximum absolute atomic E-state index is 4.72. The zero-order valence-electron chi connectivity index (χ0n) is 11.4. The molecule has 2 heterocycles. The number of nitrogens with zero attached hydrogens (tertiary/aromatic N) is 1. The summed E-state index contributed by atoms with van der Waals surface area (Å²) >= 11 is 6.19. The number of thiophene rings is 1. The average Bonchev–Trinajstić information content (AvgIpc) is 3.06. The Morgan fingerprint density at radius 1 is 1.29 bits per heavy atom. The number of para-hydroxylation sites is 1. The molecule has 0 aliphatic heterocycles. The van der Waals surface area contributed by atoms with Gasteiger partial charge in [0.2, 0.25) is 0 Å². The summed E-state index contributed by atoms with van der Waals surface area (Å²) in [6, 6.07) is 11.2. The number of hydrogen-bond acceptors (Lipinski definition) is 4. The standard InChI is InChI=1S/C16H15IN2S2/c17-15-8-10-11(5-3-7-13(10)20-15)18-9-16-19-12-4-1-2-6-14(12)21-16/h1-2,4,6,8,11,18H,3,5,7,9H2. The Morgan fingerprint density at radius 3 is 3.10 bits per heavy atom. The highest BCUT2D eigenvalue weighted by Crippen LogP contribution is 2.36. The molecule has 0 fully saturated rings. The summed E-state index contributed by atoms with van der Waals surface area (Å²) in [4.78, 5) is 6.29. The number of benzene rings is 1. The van der Waals surface area contributed by atoms with Crippen LogP contribution in [0.2, 0.25) is 0 Å². The first kappa shape index (κ1) is 14.1. The normalized spacial score (nSPS) is 18.0. The Hall–Kier alpha value is -0.500. The number of aryl methyl sites for hydroxylation is 1. The Bertz CT molecular complexity index is 745. The van der Waals surface area contributed by atoms with Crippen LogP contribution in [-0.2, 0) is 13.0 Å². The van der Waals surface area contributed by atoms with Crippen molar-refractivity contribution < 1.29 is 0 Å². The predicted octanol–water partition coefficient (Wildman–Crippen LogP) is 5.13. The quantitative estimate of drug-likeness (QED) is 0.588. The fourth-order valence-corrected chi connectivity index (χ4v) is 5.98. The van der Waals surface area contributed by atoms with E-state index in [9.17, 15) is 0 Å². The highest BCUT2D eigenvalue weighted by molar-refractivity contribution is 14.1. The van der Waals surface area contributed by atoms with Gasteiger partial charge in [0.15, 0.2) is 0 Å². The van der Waals surface area contributed by atoms with E-state index in [1.54, 1.807) is 16.2 Å². The number of halogens is 1. The van der Waals surface area contributed by atoms with Crippen molar-refractivity contribution in [1.29, 1.82) is 0 Å². The summed E-state index contributed by atoms with van der Waals surface area (Å²) in [5.41, 5.74) is 2.64. The molecule has 1 N–H and O–H groups in total. The average molecular weight is 426 g/mol. The second kappa shape index (κ2) is 5.95. The molecule has 0 saturated heterocycles. The number of aromatic nitrogens is 1. The summed E-state index contributed by atoms with van der Waals surface area (Å²) in [7, 11) is 0. The molecule has 1 unspecified atom stereocenters. The summed E-state index contributed by atoms with van der Waals surface area (Å²) in [6.45, 7) is 0.871. The van der Waals surface area contributed by atoms with Crippen LogP contribution in [0.5, 0.6) is 0 Å². The number of fused-ring (bicyclic) bond motifs is 2. The Balaban J connectivity index is 1.52. The zero-order valence-corrected chi connectivity index (χ0v) is 15.2. The molecule has 1 aliphatic rings. The van der Waals surface area contributed by atoms with Gasteiger partial charge in [0.1, 0.15) is 5.01 Å². The topological polar surface area (TPSA) is 24.9 Å². The van der Waals surface area contributed by atoms with Gasteiger partial charge in [-0.1, -0.05) is 12.1 Å². The Labute approximate surface area is 145 Å².